The second kappa shape index (κ2) is 7.39. The van der Waals surface area contributed by atoms with Crippen molar-refractivity contribution in [3.8, 4) is 11.5 Å². The minimum Gasteiger partial charge on any atom is -0.463 e. The van der Waals surface area contributed by atoms with Crippen molar-refractivity contribution >= 4 is 16.9 Å². The maximum absolute atomic E-state index is 13.4. The Balaban J connectivity index is 1.74. The summed E-state index contributed by atoms with van der Waals surface area (Å²) in [6, 6.07) is 5.81. The van der Waals surface area contributed by atoms with E-state index in [9.17, 15) is 4.79 Å². The van der Waals surface area contributed by atoms with Crippen LogP contribution in [-0.2, 0) is 0 Å². The number of piperidine rings is 1. The summed E-state index contributed by atoms with van der Waals surface area (Å²) < 4.78 is 7.38. The molecule has 1 aliphatic rings. The van der Waals surface area contributed by atoms with Crippen LogP contribution in [0.1, 0.15) is 50.0 Å². The summed E-state index contributed by atoms with van der Waals surface area (Å²) in [5.74, 6) is 1.14. The number of hydrogen-bond acceptors (Lipinski definition) is 5. The SMILES string of the molecule is CC(N)C1CCN(C(=O)c2cc(-c3ccco3)nc3c2cnn3C(C)C)CC1. The lowest BCUT2D eigenvalue weighted by molar-refractivity contribution is 0.0683. The van der Waals surface area contributed by atoms with Crippen molar-refractivity contribution in [3.63, 3.8) is 0 Å². The smallest absolute Gasteiger partial charge is 0.254 e. The normalized spacial score (nSPS) is 16.8. The van der Waals surface area contributed by atoms with Crippen LogP contribution in [0.2, 0.25) is 0 Å². The molecule has 1 amide bonds. The van der Waals surface area contributed by atoms with Crippen LogP contribution >= 0.6 is 0 Å². The van der Waals surface area contributed by atoms with Gasteiger partial charge in [0.05, 0.1) is 23.4 Å². The number of nitrogens with two attached hydrogens (primary N) is 1. The monoisotopic (exact) mass is 381 g/mol. The third-order valence-electron chi connectivity index (χ3n) is 5.63. The Hall–Kier alpha value is -2.67. The first-order valence-electron chi connectivity index (χ1n) is 9.92. The lowest BCUT2D eigenvalue weighted by atomic mass is 9.90. The van der Waals surface area contributed by atoms with Gasteiger partial charge in [0.1, 0.15) is 5.69 Å². The topological polar surface area (TPSA) is 90.2 Å². The number of nitrogens with zero attached hydrogens (tertiary/aromatic N) is 4. The van der Waals surface area contributed by atoms with Gasteiger partial charge in [0.2, 0.25) is 0 Å². The van der Waals surface area contributed by atoms with Crippen LogP contribution in [0, 0.1) is 5.92 Å². The Kier molecular flexibility index (Phi) is 4.93. The fourth-order valence-electron chi connectivity index (χ4n) is 3.92. The van der Waals surface area contributed by atoms with E-state index in [4.69, 9.17) is 15.1 Å². The molecular weight excluding hydrogens is 354 g/mol. The predicted molar refractivity (Wildman–Crippen MR) is 108 cm³/mol. The van der Waals surface area contributed by atoms with Gasteiger partial charge in [0, 0.05) is 25.2 Å². The summed E-state index contributed by atoms with van der Waals surface area (Å²) in [7, 11) is 0. The standard InChI is InChI=1S/C21H27N5O2/c1-13(2)26-20-17(12-23-26)16(11-18(24-20)19-5-4-10-28-19)21(27)25-8-6-15(7-9-25)14(3)22/h4-5,10-15H,6-9,22H2,1-3H3. The molecule has 2 N–H and O–H groups in total. The molecule has 148 valence electrons. The van der Waals surface area contributed by atoms with Crippen molar-refractivity contribution in [3.05, 3.63) is 36.2 Å². The maximum Gasteiger partial charge on any atom is 0.254 e. The van der Waals surface area contributed by atoms with Gasteiger partial charge >= 0.3 is 0 Å². The van der Waals surface area contributed by atoms with E-state index in [0.717, 1.165) is 31.3 Å². The lowest BCUT2D eigenvalue weighted by Crippen LogP contribution is -2.42. The summed E-state index contributed by atoms with van der Waals surface area (Å²) in [5, 5.41) is 5.26. The first-order chi connectivity index (χ1) is 13.5. The molecule has 3 aromatic heterocycles. The zero-order valence-electron chi connectivity index (χ0n) is 16.6. The molecule has 3 aromatic rings. The highest BCUT2D eigenvalue weighted by Gasteiger charge is 2.28. The molecule has 0 spiro atoms. The number of fused-ring (bicyclic) bond motifs is 1. The molecule has 0 aliphatic carbocycles. The first-order valence-corrected chi connectivity index (χ1v) is 9.92. The van der Waals surface area contributed by atoms with Crippen molar-refractivity contribution in [1.29, 1.82) is 0 Å². The fraction of sp³-hybridized carbons (Fsp3) is 0.476. The van der Waals surface area contributed by atoms with E-state index in [-0.39, 0.29) is 18.0 Å². The summed E-state index contributed by atoms with van der Waals surface area (Å²) in [4.78, 5) is 20.1. The van der Waals surface area contributed by atoms with Crippen LogP contribution in [0.3, 0.4) is 0 Å². The van der Waals surface area contributed by atoms with Crippen LogP contribution in [0.15, 0.2) is 35.1 Å². The van der Waals surface area contributed by atoms with Crippen molar-refractivity contribution in [2.45, 2.75) is 45.7 Å². The van der Waals surface area contributed by atoms with E-state index in [2.05, 4.69) is 5.10 Å². The number of amides is 1. The quantitative estimate of drug-likeness (QED) is 0.747. The zero-order valence-corrected chi connectivity index (χ0v) is 16.6. The minimum absolute atomic E-state index is 0.0200. The van der Waals surface area contributed by atoms with Gasteiger partial charge in [-0.2, -0.15) is 5.10 Å². The Morgan fingerprint density at radius 3 is 2.64 bits per heavy atom. The van der Waals surface area contributed by atoms with Crippen molar-refractivity contribution < 1.29 is 9.21 Å². The van der Waals surface area contributed by atoms with Crippen molar-refractivity contribution in [1.82, 2.24) is 19.7 Å². The third-order valence-corrected chi connectivity index (χ3v) is 5.63. The average molecular weight is 381 g/mol. The highest BCUT2D eigenvalue weighted by Crippen LogP contribution is 2.29. The zero-order chi connectivity index (χ0) is 19.8. The number of likely N-dealkylation sites (tertiary alicyclic amines) is 1. The van der Waals surface area contributed by atoms with Crippen molar-refractivity contribution in [2.24, 2.45) is 11.7 Å². The van der Waals surface area contributed by atoms with Crippen LogP contribution in [0.4, 0.5) is 0 Å². The van der Waals surface area contributed by atoms with E-state index >= 15 is 0 Å². The van der Waals surface area contributed by atoms with E-state index < -0.39 is 0 Å². The number of rotatable bonds is 4. The summed E-state index contributed by atoms with van der Waals surface area (Å²) in [6.07, 6.45) is 5.24. The van der Waals surface area contributed by atoms with Gasteiger partial charge in [-0.1, -0.05) is 0 Å². The van der Waals surface area contributed by atoms with Crippen LogP contribution in [-0.4, -0.2) is 44.7 Å². The molecule has 1 saturated heterocycles. The molecular formula is C21H27N5O2. The highest BCUT2D eigenvalue weighted by atomic mass is 16.3. The van der Waals surface area contributed by atoms with Crippen molar-refractivity contribution in [2.75, 3.05) is 13.1 Å². The van der Waals surface area contributed by atoms with E-state index in [1.54, 1.807) is 12.5 Å². The van der Waals surface area contributed by atoms with Gasteiger partial charge in [0.15, 0.2) is 11.4 Å². The third kappa shape index (κ3) is 3.30. The van der Waals surface area contributed by atoms with Gasteiger partial charge in [-0.15, -0.1) is 0 Å². The van der Waals surface area contributed by atoms with Gasteiger partial charge in [-0.3, -0.25) is 4.79 Å². The Bertz CT molecular complexity index is 966. The number of carbonyl (C=O) groups excluding carboxylic acids is 1. The molecule has 0 aromatic carbocycles. The molecule has 28 heavy (non-hydrogen) atoms. The maximum atomic E-state index is 13.4. The molecule has 1 atom stereocenters. The molecule has 4 rings (SSSR count). The number of pyridine rings is 1. The van der Waals surface area contributed by atoms with Gasteiger partial charge in [-0.25, -0.2) is 9.67 Å². The van der Waals surface area contributed by atoms with E-state index in [0.29, 0.717) is 28.6 Å². The summed E-state index contributed by atoms with van der Waals surface area (Å²) in [5.41, 5.74) is 8.03. The van der Waals surface area contributed by atoms with Gasteiger partial charge in [0.25, 0.3) is 5.91 Å². The van der Waals surface area contributed by atoms with E-state index in [1.165, 1.54) is 0 Å². The largest absolute Gasteiger partial charge is 0.463 e. The Labute approximate surface area is 164 Å². The van der Waals surface area contributed by atoms with Crippen LogP contribution < -0.4 is 5.73 Å². The van der Waals surface area contributed by atoms with Gasteiger partial charge in [-0.05, 0) is 57.7 Å². The average Bonchev–Trinajstić information content (AvgIpc) is 3.36. The molecule has 0 saturated carbocycles. The lowest BCUT2D eigenvalue weighted by Gasteiger charge is -2.33. The molecule has 1 unspecified atom stereocenters. The highest BCUT2D eigenvalue weighted by molar-refractivity contribution is 6.06. The van der Waals surface area contributed by atoms with Gasteiger partial charge < -0.3 is 15.1 Å². The van der Waals surface area contributed by atoms with Crippen LogP contribution in [0.5, 0.6) is 0 Å². The predicted octanol–water partition coefficient (Wildman–Crippen LogP) is 3.47. The second-order valence-corrected chi connectivity index (χ2v) is 7.94. The number of furan rings is 1. The Morgan fingerprint density at radius 1 is 1.29 bits per heavy atom. The molecule has 1 aliphatic heterocycles. The second-order valence-electron chi connectivity index (χ2n) is 7.94. The fourth-order valence-corrected chi connectivity index (χ4v) is 3.92. The molecule has 1 fully saturated rings. The van der Waals surface area contributed by atoms with Crippen LogP contribution in [0.25, 0.3) is 22.5 Å². The number of aromatic nitrogens is 3. The molecule has 0 bridgehead atoms. The summed E-state index contributed by atoms with van der Waals surface area (Å²) >= 11 is 0. The number of hydrogen-bond donors (Lipinski definition) is 1. The molecule has 4 heterocycles. The van der Waals surface area contributed by atoms with E-state index in [1.807, 2.05) is 48.6 Å². The molecule has 7 heteroatoms. The Morgan fingerprint density at radius 2 is 2.04 bits per heavy atom. The first kappa shape index (κ1) is 18.7. The molecule has 7 nitrogen and oxygen atoms in total. The summed E-state index contributed by atoms with van der Waals surface area (Å²) in [6.45, 7) is 7.60. The minimum atomic E-state index is 0.0200. The molecule has 0 radical (unpaired) electrons. The number of carbonyl (C=O) groups is 1.